The zero-order valence-electron chi connectivity index (χ0n) is 27.8. The third-order valence-corrected chi connectivity index (χ3v) is 8.86. The highest BCUT2D eigenvalue weighted by atomic mass is 16.4. The van der Waals surface area contributed by atoms with E-state index in [1.807, 2.05) is 24.3 Å². The van der Waals surface area contributed by atoms with E-state index < -0.39 is 59.7 Å². The van der Waals surface area contributed by atoms with Gasteiger partial charge in [-0.05, 0) is 37.0 Å². The maximum absolute atomic E-state index is 14.1. The molecular formula is C36H46N6O7. The number of aromatic nitrogens is 1. The molecule has 49 heavy (non-hydrogen) atoms. The van der Waals surface area contributed by atoms with E-state index >= 15 is 0 Å². The van der Waals surface area contributed by atoms with Crippen molar-refractivity contribution >= 4 is 46.4 Å². The fraction of sp³-hybridized carbons (Fsp3) is 0.444. The minimum atomic E-state index is -1.56. The Morgan fingerprint density at radius 2 is 1.59 bits per heavy atom. The Morgan fingerprint density at radius 1 is 0.918 bits per heavy atom. The van der Waals surface area contributed by atoms with Gasteiger partial charge in [-0.1, -0.05) is 80.6 Å². The van der Waals surface area contributed by atoms with E-state index in [2.05, 4.69) is 26.3 Å². The van der Waals surface area contributed by atoms with Gasteiger partial charge in [0, 0.05) is 36.4 Å². The first kappa shape index (κ1) is 36.6. The van der Waals surface area contributed by atoms with Gasteiger partial charge in [-0.25, -0.2) is 0 Å². The normalized spacial score (nSPS) is 20.6. The van der Waals surface area contributed by atoms with Gasteiger partial charge in [-0.2, -0.15) is 0 Å². The second kappa shape index (κ2) is 17.3. The summed E-state index contributed by atoms with van der Waals surface area (Å²) in [5.41, 5.74) is 6.49. The number of H-pyrrole nitrogens is 1. The van der Waals surface area contributed by atoms with Gasteiger partial charge in [0.15, 0.2) is 0 Å². The highest BCUT2D eigenvalue weighted by Gasteiger charge is 2.39. The molecule has 1 fully saturated rings. The molecule has 262 valence electrons. The first-order valence-electron chi connectivity index (χ1n) is 16.8. The number of amides is 5. The van der Waals surface area contributed by atoms with Crippen LogP contribution in [0.15, 0.2) is 60.8 Å². The molecule has 5 amide bonds. The Kier molecular flexibility index (Phi) is 12.9. The van der Waals surface area contributed by atoms with Gasteiger partial charge in [-0.3, -0.25) is 28.8 Å². The number of para-hydroxylation sites is 1. The molecule has 8 N–H and O–H groups in total. The second-order valence-electron chi connectivity index (χ2n) is 12.9. The predicted molar refractivity (Wildman–Crippen MR) is 183 cm³/mol. The van der Waals surface area contributed by atoms with E-state index in [9.17, 15) is 33.9 Å². The van der Waals surface area contributed by atoms with Gasteiger partial charge >= 0.3 is 5.97 Å². The average Bonchev–Trinajstić information content (AvgIpc) is 3.46. The summed E-state index contributed by atoms with van der Waals surface area (Å²) in [5, 5.41) is 21.2. The number of nitrogens with one attached hydrogen (secondary N) is 5. The van der Waals surface area contributed by atoms with Crippen molar-refractivity contribution in [3.8, 4) is 0 Å². The third-order valence-electron chi connectivity index (χ3n) is 8.86. The van der Waals surface area contributed by atoms with Crippen molar-refractivity contribution in [2.24, 2.45) is 5.73 Å². The first-order chi connectivity index (χ1) is 23.4. The molecule has 0 spiro atoms. The van der Waals surface area contributed by atoms with Crippen LogP contribution in [0.1, 0.15) is 75.8 Å². The van der Waals surface area contributed by atoms with E-state index in [1.165, 1.54) is 0 Å². The molecule has 4 atom stereocenters. The summed E-state index contributed by atoms with van der Waals surface area (Å²) in [6.07, 6.45) is 6.37. The van der Waals surface area contributed by atoms with Gasteiger partial charge in [0.25, 0.3) is 0 Å². The maximum Gasteiger partial charge on any atom is 0.305 e. The number of rotatable bonds is 11. The Hall–Kier alpha value is -5.20. The minimum absolute atomic E-state index is 0.0645. The predicted octanol–water partition coefficient (Wildman–Crippen LogP) is 2.38. The lowest BCUT2D eigenvalue weighted by Gasteiger charge is -2.32. The van der Waals surface area contributed by atoms with Crippen molar-refractivity contribution in [3.63, 3.8) is 0 Å². The molecule has 1 aliphatic heterocycles. The number of carbonyl (C=O) groups is 6. The van der Waals surface area contributed by atoms with Crippen LogP contribution in [0, 0.1) is 0 Å². The molecule has 13 heteroatoms. The molecule has 2 aromatic carbocycles. The van der Waals surface area contributed by atoms with E-state index in [4.69, 9.17) is 5.73 Å². The van der Waals surface area contributed by atoms with Crippen LogP contribution in [-0.4, -0.2) is 69.3 Å². The van der Waals surface area contributed by atoms with Crippen LogP contribution in [0.3, 0.4) is 0 Å². The van der Waals surface area contributed by atoms with Crippen LogP contribution in [0.5, 0.6) is 0 Å². The summed E-state index contributed by atoms with van der Waals surface area (Å²) in [7, 11) is 0. The number of fused-ring (bicyclic) bond motifs is 1. The SMILES string of the molecule is C[C@]1(Cc2c[nH]c3ccccc23)NC(=O)CCCCCCCC[C@H](C(=O)N[C@@H](CC(=O)O)C(=O)N[C@@H](Cc2ccccc2)C(N)=O)NC1=O. The molecule has 0 unspecified atom stereocenters. The van der Waals surface area contributed by atoms with Crippen molar-refractivity contribution in [1.29, 1.82) is 0 Å². The number of primary amides is 1. The van der Waals surface area contributed by atoms with Crippen LogP contribution in [0.25, 0.3) is 10.9 Å². The molecule has 0 saturated carbocycles. The number of carbonyl (C=O) groups excluding carboxylic acids is 5. The lowest BCUT2D eigenvalue weighted by Crippen LogP contribution is -2.62. The van der Waals surface area contributed by atoms with Gasteiger partial charge in [0.05, 0.1) is 6.42 Å². The largest absolute Gasteiger partial charge is 0.481 e. The number of aliphatic carboxylic acids is 1. The molecule has 4 rings (SSSR count). The molecule has 13 nitrogen and oxygen atoms in total. The summed E-state index contributed by atoms with van der Waals surface area (Å²) in [5.74, 6) is -4.73. The smallest absolute Gasteiger partial charge is 0.305 e. The molecule has 0 aliphatic carbocycles. The van der Waals surface area contributed by atoms with Crippen LogP contribution >= 0.6 is 0 Å². The van der Waals surface area contributed by atoms with Gasteiger partial charge in [0.2, 0.25) is 29.5 Å². The molecule has 1 aromatic heterocycles. The summed E-state index contributed by atoms with van der Waals surface area (Å²) in [4.78, 5) is 81.5. The highest BCUT2D eigenvalue weighted by molar-refractivity contribution is 5.98. The number of nitrogens with two attached hydrogens (primary N) is 1. The van der Waals surface area contributed by atoms with E-state index in [-0.39, 0.29) is 31.6 Å². The molecule has 0 bridgehead atoms. The fourth-order valence-electron chi connectivity index (χ4n) is 6.14. The van der Waals surface area contributed by atoms with Crippen LogP contribution in [-0.2, 0) is 41.6 Å². The molecule has 2 heterocycles. The van der Waals surface area contributed by atoms with E-state index in [1.54, 1.807) is 43.5 Å². The molecule has 1 saturated heterocycles. The zero-order chi connectivity index (χ0) is 35.4. The van der Waals surface area contributed by atoms with Crippen LogP contribution in [0.4, 0.5) is 0 Å². The van der Waals surface area contributed by atoms with E-state index in [0.717, 1.165) is 47.7 Å². The summed E-state index contributed by atoms with van der Waals surface area (Å²) < 4.78 is 0. The van der Waals surface area contributed by atoms with Crippen molar-refractivity contribution in [2.75, 3.05) is 0 Å². The topological polar surface area (TPSA) is 213 Å². The maximum atomic E-state index is 14.1. The van der Waals surface area contributed by atoms with Crippen molar-refractivity contribution in [1.82, 2.24) is 26.3 Å². The van der Waals surface area contributed by atoms with Crippen LogP contribution < -0.4 is 27.0 Å². The number of aromatic amines is 1. The summed E-state index contributed by atoms with van der Waals surface area (Å²) in [6.45, 7) is 1.61. The first-order valence-corrected chi connectivity index (χ1v) is 16.8. The van der Waals surface area contributed by atoms with Gasteiger partial charge in [-0.15, -0.1) is 0 Å². The van der Waals surface area contributed by atoms with Crippen molar-refractivity contribution < 1.29 is 33.9 Å². The molecule has 3 aromatic rings. The summed E-state index contributed by atoms with van der Waals surface area (Å²) >= 11 is 0. The zero-order valence-corrected chi connectivity index (χ0v) is 27.8. The number of carboxylic acid groups (broad SMARTS) is 1. The number of hydrogen-bond donors (Lipinski definition) is 7. The monoisotopic (exact) mass is 674 g/mol. The third kappa shape index (κ3) is 10.6. The fourth-order valence-corrected chi connectivity index (χ4v) is 6.14. The van der Waals surface area contributed by atoms with Crippen molar-refractivity contribution in [3.05, 3.63) is 71.9 Å². The molecule has 1 aliphatic rings. The van der Waals surface area contributed by atoms with Gasteiger partial charge < -0.3 is 37.1 Å². The number of hydrogen-bond acceptors (Lipinski definition) is 6. The quantitative estimate of drug-likeness (QED) is 0.161. The Labute approximate surface area is 285 Å². The standard InChI is InChI=1S/C36H46N6O7/c1-36(21-24-22-38-26-16-12-11-15-25(24)26)35(49)41-27(17-9-4-2-3-5-10-18-30(43)42-36)33(47)40-29(20-31(44)45)34(48)39-28(32(37)46)19-23-13-7-6-8-14-23/h6-8,11-16,22,27-29,38H,2-5,9-10,17-21H2,1H3,(H2,37,46)(H,39,48)(H,40,47)(H,41,49)(H,42,43)(H,44,45)/t27-,28+,29+,36-/m1/s1. The minimum Gasteiger partial charge on any atom is -0.481 e. The average molecular weight is 675 g/mol. The number of benzene rings is 2. The number of carboxylic acids is 1. The summed E-state index contributed by atoms with van der Waals surface area (Å²) in [6, 6.07) is 12.6. The Bertz CT molecular complexity index is 1640. The molecule has 0 radical (unpaired) electrons. The Balaban J connectivity index is 1.56. The van der Waals surface area contributed by atoms with Gasteiger partial charge in [0.1, 0.15) is 23.7 Å². The Morgan fingerprint density at radius 3 is 2.31 bits per heavy atom. The second-order valence-corrected chi connectivity index (χ2v) is 12.9. The lowest BCUT2D eigenvalue weighted by molar-refractivity contribution is -0.141. The van der Waals surface area contributed by atoms with E-state index in [0.29, 0.717) is 12.8 Å². The lowest BCUT2D eigenvalue weighted by atomic mass is 9.90. The molecular weight excluding hydrogens is 628 g/mol. The van der Waals surface area contributed by atoms with Crippen molar-refractivity contribution in [2.45, 2.75) is 101 Å². The van der Waals surface area contributed by atoms with Crippen LogP contribution in [0.2, 0.25) is 0 Å². The highest BCUT2D eigenvalue weighted by Crippen LogP contribution is 2.24.